The van der Waals surface area contributed by atoms with Crippen LogP contribution in [0.5, 0.6) is 23.0 Å². The molecule has 0 fully saturated rings. The van der Waals surface area contributed by atoms with Crippen LogP contribution in [0.4, 0.5) is 0 Å². The SMILES string of the molecule is c1ccc2c(c1)Oc1cccc3c1B2c1ccc(-c2c4ccccc4c(-c4ccc5oc6cc7ccccc7cc6c5c4)c4ccccc24)cc1O3. The molecule has 0 saturated carbocycles. The molecule has 0 N–H and O–H groups in total. The summed E-state index contributed by atoms with van der Waals surface area (Å²) in [7, 11) is 0. The quantitative estimate of drug-likeness (QED) is 0.136. The van der Waals surface area contributed by atoms with E-state index in [1.54, 1.807) is 0 Å². The number of fused-ring (bicyclic) bond motifs is 10. The molecule has 12 rings (SSSR count). The first-order valence-electron chi connectivity index (χ1n) is 17.8. The normalized spacial score (nSPS) is 12.9. The zero-order chi connectivity index (χ0) is 33.9. The van der Waals surface area contributed by atoms with Gasteiger partial charge in [-0.15, -0.1) is 0 Å². The molecule has 0 spiro atoms. The molecular formula is C48H27BO3. The maximum Gasteiger partial charge on any atom is 0.260 e. The topological polar surface area (TPSA) is 31.6 Å². The van der Waals surface area contributed by atoms with E-state index in [4.69, 9.17) is 13.9 Å². The van der Waals surface area contributed by atoms with Gasteiger partial charge in [0.05, 0.1) is 0 Å². The van der Waals surface area contributed by atoms with Crippen LogP contribution in [0.2, 0.25) is 0 Å². The van der Waals surface area contributed by atoms with Crippen molar-refractivity contribution in [1.82, 2.24) is 0 Å². The minimum atomic E-state index is 0.0386. The maximum absolute atomic E-state index is 6.72. The van der Waals surface area contributed by atoms with Crippen LogP contribution in [0.3, 0.4) is 0 Å². The average Bonchev–Trinajstić information content (AvgIpc) is 3.55. The van der Waals surface area contributed by atoms with E-state index in [2.05, 4.69) is 146 Å². The highest BCUT2D eigenvalue weighted by atomic mass is 16.5. The fourth-order valence-corrected chi connectivity index (χ4v) is 8.90. The Bertz CT molecular complexity index is 3100. The highest BCUT2D eigenvalue weighted by Crippen LogP contribution is 2.46. The van der Waals surface area contributed by atoms with E-state index in [-0.39, 0.29) is 6.71 Å². The van der Waals surface area contributed by atoms with Crippen LogP contribution < -0.4 is 25.9 Å². The molecule has 4 heteroatoms. The zero-order valence-corrected chi connectivity index (χ0v) is 27.9. The third-order valence-electron chi connectivity index (χ3n) is 11.2. The number of hydrogen-bond acceptors (Lipinski definition) is 3. The predicted octanol–water partition coefficient (Wildman–Crippen LogP) is 11.1. The zero-order valence-electron chi connectivity index (χ0n) is 27.9. The molecule has 240 valence electrons. The largest absolute Gasteiger partial charge is 0.458 e. The third-order valence-corrected chi connectivity index (χ3v) is 11.2. The van der Waals surface area contributed by atoms with Crippen molar-refractivity contribution in [1.29, 1.82) is 0 Å². The first kappa shape index (κ1) is 28.0. The second-order valence-electron chi connectivity index (χ2n) is 13.9. The lowest BCUT2D eigenvalue weighted by Crippen LogP contribution is -2.57. The Morgan fingerprint density at radius 2 is 0.885 bits per heavy atom. The summed E-state index contributed by atoms with van der Waals surface area (Å²) >= 11 is 0. The molecule has 1 aromatic heterocycles. The monoisotopic (exact) mass is 662 g/mol. The summed E-state index contributed by atoms with van der Waals surface area (Å²) in [6.45, 7) is 0.0386. The van der Waals surface area contributed by atoms with Crippen LogP contribution in [-0.4, -0.2) is 6.71 Å². The van der Waals surface area contributed by atoms with E-state index < -0.39 is 0 Å². The van der Waals surface area contributed by atoms with Crippen LogP contribution in [0.1, 0.15) is 0 Å². The molecule has 0 unspecified atom stereocenters. The average molecular weight is 663 g/mol. The van der Waals surface area contributed by atoms with Gasteiger partial charge in [0.2, 0.25) is 0 Å². The van der Waals surface area contributed by atoms with Crippen LogP contribution in [0.25, 0.3) is 76.5 Å². The molecule has 9 aromatic carbocycles. The highest BCUT2D eigenvalue weighted by Gasteiger charge is 2.40. The standard InChI is InChI=1S/C48H27BO3/c1-2-11-29-26-44-37(24-28(29)10-1)36-25-30(21-23-40(36)50-44)46-32-12-3-5-14-34(32)47(35-15-6-4-13-33(35)46)31-20-22-39-45(27-31)52-43-19-9-18-42-48(43)49(39)38-16-7-8-17-41(38)51-42/h1-27H. The lowest BCUT2D eigenvalue weighted by Gasteiger charge is -2.33. The van der Waals surface area contributed by atoms with Crippen molar-refractivity contribution < 1.29 is 13.9 Å². The molecule has 52 heavy (non-hydrogen) atoms. The van der Waals surface area contributed by atoms with Gasteiger partial charge < -0.3 is 13.9 Å². The minimum absolute atomic E-state index is 0.0386. The second kappa shape index (κ2) is 10.4. The van der Waals surface area contributed by atoms with Gasteiger partial charge in [0.25, 0.3) is 6.71 Å². The molecule has 0 saturated heterocycles. The van der Waals surface area contributed by atoms with Crippen molar-refractivity contribution >= 4 is 77.4 Å². The van der Waals surface area contributed by atoms with Crippen molar-refractivity contribution in [2.75, 3.05) is 0 Å². The van der Waals surface area contributed by atoms with Crippen LogP contribution in [0.15, 0.2) is 168 Å². The summed E-state index contributed by atoms with van der Waals surface area (Å²) in [5.74, 6) is 3.49. The van der Waals surface area contributed by atoms with Crippen molar-refractivity contribution in [3.63, 3.8) is 0 Å². The smallest absolute Gasteiger partial charge is 0.260 e. The molecule has 2 aliphatic heterocycles. The molecule has 3 heterocycles. The number of hydrogen-bond donors (Lipinski definition) is 0. The molecular weight excluding hydrogens is 635 g/mol. The summed E-state index contributed by atoms with van der Waals surface area (Å²) in [6, 6.07) is 58.4. The number of furan rings is 1. The molecule has 0 bridgehead atoms. The van der Waals surface area contributed by atoms with Crippen molar-refractivity contribution in [2.45, 2.75) is 0 Å². The summed E-state index contributed by atoms with van der Waals surface area (Å²) in [4.78, 5) is 0. The molecule has 0 aliphatic carbocycles. The fraction of sp³-hybridized carbons (Fsp3) is 0. The van der Waals surface area contributed by atoms with Crippen molar-refractivity contribution in [3.05, 3.63) is 164 Å². The summed E-state index contributed by atoms with van der Waals surface area (Å²) < 4.78 is 19.5. The van der Waals surface area contributed by atoms with E-state index in [9.17, 15) is 0 Å². The van der Waals surface area contributed by atoms with Gasteiger partial charge in [0, 0.05) is 16.2 Å². The number of rotatable bonds is 2. The van der Waals surface area contributed by atoms with Gasteiger partial charge in [-0.25, -0.2) is 0 Å². The molecule has 0 radical (unpaired) electrons. The van der Waals surface area contributed by atoms with Gasteiger partial charge >= 0.3 is 0 Å². The summed E-state index contributed by atoms with van der Waals surface area (Å²) in [6.07, 6.45) is 0. The van der Waals surface area contributed by atoms with Gasteiger partial charge in [0.1, 0.15) is 34.2 Å². The lowest BCUT2D eigenvalue weighted by molar-refractivity contribution is 0.464. The second-order valence-corrected chi connectivity index (χ2v) is 13.9. The van der Waals surface area contributed by atoms with Crippen molar-refractivity contribution in [3.8, 4) is 45.3 Å². The molecule has 2 aliphatic rings. The van der Waals surface area contributed by atoms with E-state index in [1.165, 1.54) is 49.0 Å². The van der Waals surface area contributed by atoms with Crippen LogP contribution in [0, 0.1) is 0 Å². The Morgan fingerprint density at radius 3 is 1.62 bits per heavy atom. The van der Waals surface area contributed by atoms with E-state index in [0.29, 0.717) is 0 Å². The third kappa shape index (κ3) is 3.86. The number of para-hydroxylation sites is 1. The first-order chi connectivity index (χ1) is 25.8. The Kier molecular flexibility index (Phi) is 5.58. The van der Waals surface area contributed by atoms with Gasteiger partial charge in [-0.05, 0) is 114 Å². The van der Waals surface area contributed by atoms with Crippen LogP contribution >= 0.6 is 0 Å². The first-order valence-corrected chi connectivity index (χ1v) is 17.8. The molecule has 0 atom stereocenters. The van der Waals surface area contributed by atoms with Gasteiger partial charge in [0.15, 0.2) is 0 Å². The lowest BCUT2D eigenvalue weighted by atomic mass is 9.35. The molecule has 0 amide bonds. The predicted molar refractivity (Wildman–Crippen MR) is 215 cm³/mol. The van der Waals surface area contributed by atoms with Crippen LogP contribution in [-0.2, 0) is 0 Å². The van der Waals surface area contributed by atoms with Gasteiger partial charge in [-0.3, -0.25) is 0 Å². The van der Waals surface area contributed by atoms with E-state index >= 15 is 0 Å². The van der Waals surface area contributed by atoms with E-state index in [1.807, 2.05) is 18.2 Å². The minimum Gasteiger partial charge on any atom is -0.458 e. The Labute approximate surface area is 299 Å². The van der Waals surface area contributed by atoms with Gasteiger partial charge in [-0.1, -0.05) is 115 Å². The Morgan fingerprint density at radius 1 is 0.346 bits per heavy atom. The summed E-state index contributed by atoms with van der Waals surface area (Å²) in [5, 5.41) is 9.48. The highest BCUT2D eigenvalue weighted by molar-refractivity contribution is 6.98. The van der Waals surface area contributed by atoms with Gasteiger partial charge in [-0.2, -0.15) is 0 Å². The summed E-state index contributed by atoms with van der Waals surface area (Å²) in [5.41, 5.74) is 9.94. The van der Waals surface area contributed by atoms with Crippen molar-refractivity contribution in [2.24, 2.45) is 0 Å². The molecule has 10 aromatic rings. The number of ether oxygens (including phenoxy) is 2. The number of benzene rings is 9. The Balaban J connectivity index is 1.08. The van der Waals surface area contributed by atoms with E-state index in [0.717, 1.165) is 66.9 Å². The Hall–Kier alpha value is -6.78. The maximum atomic E-state index is 6.72. The fourth-order valence-electron chi connectivity index (χ4n) is 8.90. The molecule has 3 nitrogen and oxygen atoms in total.